The molecule has 0 aliphatic rings. The zero-order valence-corrected chi connectivity index (χ0v) is 16.2. The van der Waals surface area contributed by atoms with Gasteiger partial charge in [0.15, 0.2) is 12.4 Å². The van der Waals surface area contributed by atoms with Crippen molar-refractivity contribution >= 4 is 34.9 Å². The number of nitrogens with one attached hydrogen (secondary N) is 2. The van der Waals surface area contributed by atoms with E-state index in [4.69, 9.17) is 9.47 Å². The molecule has 0 radical (unpaired) electrons. The molecule has 0 unspecified atom stereocenters. The van der Waals surface area contributed by atoms with E-state index in [1.54, 1.807) is 48.5 Å². The molecule has 0 aromatic heterocycles. The van der Waals surface area contributed by atoms with Crippen molar-refractivity contribution in [1.82, 2.24) is 0 Å². The van der Waals surface area contributed by atoms with Gasteiger partial charge in [0, 0.05) is 23.4 Å². The highest BCUT2D eigenvalue weighted by atomic mass is 16.5. The lowest BCUT2D eigenvalue weighted by Crippen LogP contribution is -2.21. The molecule has 2 amide bonds. The Bertz CT molecular complexity index is 892. The Kier molecular flexibility index (Phi) is 7.90. The Morgan fingerprint density at radius 2 is 1.55 bits per heavy atom. The highest BCUT2D eigenvalue weighted by Gasteiger charge is 2.11. The largest absolute Gasteiger partial charge is 0.497 e. The lowest BCUT2D eigenvalue weighted by atomic mass is 10.1. The molecule has 0 saturated heterocycles. The minimum Gasteiger partial charge on any atom is -0.497 e. The molecule has 0 atom stereocenters. The standard InChI is InChI=1S/C21H22N2O6/c1-14(24)15-4-3-5-17(12-15)23-19(25)10-11-21(27)29-13-20(26)22-16-6-8-18(28-2)9-7-16/h3-9,12H,10-11,13H2,1-2H3,(H,22,26)(H,23,25). The van der Waals surface area contributed by atoms with Gasteiger partial charge in [-0.15, -0.1) is 0 Å². The van der Waals surface area contributed by atoms with Crippen LogP contribution < -0.4 is 15.4 Å². The van der Waals surface area contributed by atoms with Gasteiger partial charge in [-0.25, -0.2) is 0 Å². The number of ether oxygens (including phenoxy) is 2. The van der Waals surface area contributed by atoms with E-state index >= 15 is 0 Å². The molecule has 152 valence electrons. The normalized spacial score (nSPS) is 10.0. The van der Waals surface area contributed by atoms with Crippen LogP contribution in [-0.4, -0.2) is 37.3 Å². The number of hydrogen-bond donors (Lipinski definition) is 2. The molecule has 0 spiro atoms. The molecule has 2 aromatic carbocycles. The number of ketones is 1. The van der Waals surface area contributed by atoms with Gasteiger partial charge < -0.3 is 20.1 Å². The molecule has 2 aromatic rings. The number of benzene rings is 2. The quantitative estimate of drug-likeness (QED) is 0.496. The summed E-state index contributed by atoms with van der Waals surface area (Å²) < 4.78 is 9.90. The first-order chi connectivity index (χ1) is 13.9. The van der Waals surface area contributed by atoms with Crippen LogP contribution in [0.1, 0.15) is 30.1 Å². The van der Waals surface area contributed by atoms with Crippen molar-refractivity contribution in [3.8, 4) is 5.75 Å². The zero-order valence-electron chi connectivity index (χ0n) is 16.2. The number of anilines is 2. The lowest BCUT2D eigenvalue weighted by molar-refractivity contribution is -0.147. The summed E-state index contributed by atoms with van der Waals surface area (Å²) >= 11 is 0. The Balaban J connectivity index is 1.70. The molecule has 8 heteroatoms. The number of hydrogen-bond acceptors (Lipinski definition) is 6. The van der Waals surface area contributed by atoms with Crippen LogP contribution in [0.2, 0.25) is 0 Å². The fourth-order valence-electron chi connectivity index (χ4n) is 2.34. The molecule has 0 heterocycles. The van der Waals surface area contributed by atoms with Crippen molar-refractivity contribution in [3.63, 3.8) is 0 Å². The number of carbonyl (C=O) groups excluding carboxylic acids is 4. The summed E-state index contributed by atoms with van der Waals surface area (Å²) in [4.78, 5) is 46.8. The summed E-state index contributed by atoms with van der Waals surface area (Å²) in [6.45, 7) is 0.981. The maximum absolute atomic E-state index is 11.9. The molecule has 2 rings (SSSR count). The first-order valence-electron chi connectivity index (χ1n) is 8.88. The molecule has 0 aliphatic carbocycles. The van der Waals surface area contributed by atoms with Crippen molar-refractivity contribution in [2.45, 2.75) is 19.8 Å². The van der Waals surface area contributed by atoms with Gasteiger partial charge in [-0.05, 0) is 43.3 Å². The summed E-state index contributed by atoms with van der Waals surface area (Å²) in [5.74, 6) is -1.01. The second-order valence-corrected chi connectivity index (χ2v) is 6.12. The van der Waals surface area contributed by atoms with Gasteiger partial charge >= 0.3 is 5.97 Å². The summed E-state index contributed by atoms with van der Waals surface area (Å²) in [7, 11) is 1.54. The highest BCUT2D eigenvalue weighted by molar-refractivity contribution is 5.97. The molecular weight excluding hydrogens is 376 g/mol. The Labute approximate surface area is 168 Å². The Morgan fingerprint density at radius 1 is 0.862 bits per heavy atom. The third-order valence-corrected chi connectivity index (χ3v) is 3.85. The topological polar surface area (TPSA) is 111 Å². The molecular formula is C21H22N2O6. The van der Waals surface area contributed by atoms with Crippen molar-refractivity contribution in [3.05, 3.63) is 54.1 Å². The second-order valence-electron chi connectivity index (χ2n) is 6.12. The van der Waals surface area contributed by atoms with Gasteiger partial charge in [-0.1, -0.05) is 12.1 Å². The van der Waals surface area contributed by atoms with Crippen molar-refractivity contribution < 1.29 is 28.7 Å². The van der Waals surface area contributed by atoms with Crippen LogP contribution in [-0.2, 0) is 19.1 Å². The van der Waals surface area contributed by atoms with Crippen molar-refractivity contribution in [2.24, 2.45) is 0 Å². The van der Waals surface area contributed by atoms with Gasteiger partial charge in [0.1, 0.15) is 5.75 Å². The molecule has 8 nitrogen and oxygen atoms in total. The predicted molar refractivity (Wildman–Crippen MR) is 107 cm³/mol. The monoisotopic (exact) mass is 398 g/mol. The summed E-state index contributed by atoms with van der Waals surface area (Å²) in [6, 6.07) is 13.2. The smallest absolute Gasteiger partial charge is 0.306 e. The fourth-order valence-corrected chi connectivity index (χ4v) is 2.34. The van der Waals surface area contributed by atoms with E-state index in [1.807, 2.05) is 0 Å². The van der Waals surface area contributed by atoms with Crippen LogP contribution in [0.5, 0.6) is 5.75 Å². The molecule has 0 aliphatic heterocycles. The van der Waals surface area contributed by atoms with Gasteiger partial charge in [0.25, 0.3) is 5.91 Å². The van der Waals surface area contributed by atoms with Crippen LogP contribution in [0.3, 0.4) is 0 Å². The van der Waals surface area contributed by atoms with E-state index in [-0.39, 0.29) is 18.6 Å². The average Bonchev–Trinajstić information content (AvgIpc) is 2.71. The van der Waals surface area contributed by atoms with E-state index in [2.05, 4.69) is 10.6 Å². The van der Waals surface area contributed by atoms with E-state index < -0.39 is 24.4 Å². The first kappa shape index (κ1) is 21.6. The van der Waals surface area contributed by atoms with Gasteiger partial charge in [0.2, 0.25) is 5.91 Å². The predicted octanol–water partition coefficient (Wildman–Crippen LogP) is 2.80. The third-order valence-electron chi connectivity index (χ3n) is 3.85. The number of methoxy groups -OCH3 is 1. The van der Waals surface area contributed by atoms with Crippen LogP contribution in [0.15, 0.2) is 48.5 Å². The fraction of sp³-hybridized carbons (Fsp3) is 0.238. The lowest BCUT2D eigenvalue weighted by Gasteiger charge is -2.08. The SMILES string of the molecule is COc1ccc(NC(=O)COC(=O)CCC(=O)Nc2cccc(C(C)=O)c2)cc1. The summed E-state index contributed by atoms with van der Waals surface area (Å²) in [5.41, 5.74) is 1.49. The Hall–Kier alpha value is -3.68. The number of amides is 2. The summed E-state index contributed by atoms with van der Waals surface area (Å²) in [6.07, 6.45) is -0.280. The van der Waals surface area contributed by atoms with E-state index in [1.165, 1.54) is 14.0 Å². The minimum atomic E-state index is -0.664. The van der Waals surface area contributed by atoms with Gasteiger partial charge in [0.05, 0.1) is 13.5 Å². The minimum absolute atomic E-state index is 0.108. The van der Waals surface area contributed by atoms with Crippen LogP contribution >= 0.6 is 0 Å². The maximum atomic E-state index is 11.9. The van der Waals surface area contributed by atoms with Crippen LogP contribution in [0, 0.1) is 0 Å². The maximum Gasteiger partial charge on any atom is 0.306 e. The first-order valence-corrected chi connectivity index (χ1v) is 8.88. The molecule has 29 heavy (non-hydrogen) atoms. The molecule has 2 N–H and O–H groups in total. The highest BCUT2D eigenvalue weighted by Crippen LogP contribution is 2.15. The van der Waals surface area contributed by atoms with Gasteiger partial charge in [-0.2, -0.15) is 0 Å². The van der Waals surface area contributed by atoms with Crippen LogP contribution in [0.25, 0.3) is 0 Å². The molecule has 0 saturated carbocycles. The average molecular weight is 398 g/mol. The number of rotatable bonds is 9. The number of carbonyl (C=O) groups is 4. The van der Waals surface area contributed by atoms with Crippen molar-refractivity contribution in [1.29, 1.82) is 0 Å². The van der Waals surface area contributed by atoms with E-state index in [0.29, 0.717) is 22.7 Å². The number of Topliss-reactive ketones (excluding diaryl/α,β-unsaturated/α-hetero) is 1. The molecule has 0 bridgehead atoms. The van der Waals surface area contributed by atoms with E-state index in [9.17, 15) is 19.2 Å². The van der Waals surface area contributed by atoms with Crippen LogP contribution in [0.4, 0.5) is 11.4 Å². The Morgan fingerprint density at radius 3 is 2.21 bits per heavy atom. The van der Waals surface area contributed by atoms with Crippen molar-refractivity contribution in [2.75, 3.05) is 24.4 Å². The second kappa shape index (κ2) is 10.6. The number of esters is 1. The van der Waals surface area contributed by atoms with E-state index in [0.717, 1.165) is 0 Å². The zero-order chi connectivity index (χ0) is 21.2. The summed E-state index contributed by atoms with van der Waals surface area (Å²) in [5, 5.41) is 5.19. The third kappa shape index (κ3) is 7.45. The van der Waals surface area contributed by atoms with Gasteiger partial charge in [-0.3, -0.25) is 19.2 Å². The molecule has 0 fully saturated rings.